The van der Waals surface area contributed by atoms with Crippen LogP contribution in [0, 0.1) is 0 Å². The minimum absolute atomic E-state index is 0.000734. The summed E-state index contributed by atoms with van der Waals surface area (Å²) in [5, 5.41) is 16.2. The molecule has 35 heavy (non-hydrogen) atoms. The maximum atomic E-state index is 12.8. The van der Waals surface area contributed by atoms with E-state index in [1.54, 1.807) is 6.07 Å². The van der Waals surface area contributed by atoms with Gasteiger partial charge in [-0.2, -0.15) is 13.2 Å². The van der Waals surface area contributed by atoms with Crippen molar-refractivity contribution in [1.82, 2.24) is 5.32 Å². The van der Waals surface area contributed by atoms with Crippen molar-refractivity contribution in [2.45, 2.75) is 6.18 Å². The molecular weight excluding hydrogens is 467 g/mol. The van der Waals surface area contributed by atoms with Gasteiger partial charge in [-0.05, 0) is 42.5 Å². The number of halogens is 3. The lowest BCUT2D eigenvalue weighted by Gasteiger charge is -2.12. The van der Waals surface area contributed by atoms with E-state index in [-0.39, 0.29) is 28.1 Å². The van der Waals surface area contributed by atoms with Crippen LogP contribution in [-0.4, -0.2) is 35.3 Å². The second-order valence-corrected chi connectivity index (χ2v) is 7.19. The number of aromatic carboxylic acids is 1. The maximum absolute atomic E-state index is 12.8. The first kappa shape index (κ1) is 25.0. The van der Waals surface area contributed by atoms with Gasteiger partial charge in [0.25, 0.3) is 0 Å². The van der Waals surface area contributed by atoms with Crippen LogP contribution in [0.25, 0.3) is 0 Å². The molecule has 3 aromatic carbocycles. The number of benzene rings is 3. The Morgan fingerprint density at radius 3 is 2.14 bits per heavy atom. The molecule has 4 N–H and O–H groups in total. The molecule has 0 aliphatic carbocycles. The van der Waals surface area contributed by atoms with Gasteiger partial charge in [-0.3, -0.25) is 9.59 Å². The van der Waals surface area contributed by atoms with Crippen LogP contribution in [0.1, 0.15) is 31.8 Å². The maximum Gasteiger partial charge on any atom is 0.416 e. The fourth-order valence-corrected chi connectivity index (χ4v) is 3.02. The van der Waals surface area contributed by atoms with E-state index in [0.29, 0.717) is 0 Å². The molecule has 0 bridgehead atoms. The minimum Gasteiger partial charge on any atom is -0.478 e. The van der Waals surface area contributed by atoms with Crippen molar-refractivity contribution in [3.63, 3.8) is 0 Å². The molecule has 0 aliphatic rings. The van der Waals surface area contributed by atoms with Crippen LogP contribution < -0.4 is 16.0 Å². The number of urea groups is 1. The van der Waals surface area contributed by atoms with Gasteiger partial charge >= 0.3 is 18.2 Å². The lowest BCUT2D eigenvalue weighted by atomic mass is 10.0. The summed E-state index contributed by atoms with van der Waals surface area (Å²) in [6.45, 7) is -0.479. The zero-order valence-corrected chi connectivity index (χ0v) is 17.8. The monoisotopic (exact) mass is 485 g/mol. The van der Waals surface area contributed by atoms with Gasteiger partial charge in [0.15, 0.2) is 5.78 Å². The van der Waals surface area contributed by atoms with Crippen molar-refractivity contribution in [2.75, 3.05) is 17.2 Å². The van der Waals surface area contributed by atoms with Gasteiger partial charge in [0, 0.05) is 16.8 Å². The first-order chi connectivity index (χ1) is 16.5. The number of nitrogens with one attached hydrogen (secondary N) is 3. The smallest absolute Gasteiger partial charge is 0.416 e. The number of hydrogen-bond acceptors (Lipinski definition) is 4. The summed E-state index contributed by atoms with van der Waals surface area (Å²) in [7, 11) is 0. The van der Waals surface area contributed by atoms with Crippen LogP contribution in [0.2, 0.25) is 0 Å². The van der Waals surface area contributed by atoms with Crippen LogP contribution in [0.3, 0.4) is 0 Å². The average Bonchev–Trinajstić information content (AvgIpc) is 2.82. The molecule has 180 valence electrons. The highest BCUT2D eigenvalue weighted by Gasteiger charge is 2.30. The van der Waals surface area contributed by atoms with Gasteiger partial charge in [-0.15, -0.1) is 0 Å². The first-order valence-corrected chi connectivity index (χ1v) is 10.0. The normalized spacial score (nSPS) is 10.8. The first-order valence-electron chi connectivity index (χ1n) is 10.0. The number of alkyl halides is 3. The third kappa shape index (κ3) is 6.67. The Hall–Kier alpha value is -4.67. The molecule has 0 aromatic heterocycles. The molecule has 0 fully saturated rings. The van der Waals surface area contributed by atoms with E-state index in [0.717, 1.165) is 24.3 Å². The lowest BCUT2D eigenvalue weighted by Crippen LogP contribution is -2.36. The summed E-state index contributed by atoms with van der Waals surface area (Å²) in [4.78, 5) is 48.1. The molecular formula is C24H18F3N3O5. The molecule has 0 atom stereocenters. The van der Waals surface area contributed by atoms with Gasteiger partial charge in [-0.25, -0.2) is 9.59 Å². The topological polar surface area (TPSA) is 125 Å². The summed E-state index contributed by atoms with van der Waals surface area (Å²) in [6.07, 6.45) is -4.54. The summed E-state index contributed by atoms with van der Waals surface area (Å²) in [5.74, 6) is -2.44. The number of carbonyl (C=O) groups excluding carboxylic acids is 3. The lowest BCUT2D eigenvalue weighted by molar-refractivity contribution is -0.137. The summed E-state index contributed by atoms with van der Waals surface area (Å²) in [6, 6.07) is 14.3. The Kier molecular flexibility index (Phi) is 7.49. The van der Waals surface area contributed by atoms with E-state index in [1.807, 2.05) is 0 Å². The number of rotatable bonds is 7. The molecule has 11 heteroatoms. The van der Waals surface area contributed by atoms with E-state index in [2.05, 4.69) is 16.0 Å². The molecule has 0 saturated carbocycles. The van der Waals surface area contributed by atoms with Gasteiger partial charge in [-0.1, -0.05) is 30.3 Å². The average molecular weight is 485 g/mol. The van der Waals surface area contributed by atoms with Crippen LogP contribution in [-0.2, 0) is 11.0 Å². The molecule has 3 rings (SSSR count). The van der Waals surface area contributed by atoms with E-state index in [1.165, 1.54) is 42.5 Å². The Labute approximate surface area is 196 Å². The number of hydrogen-bond donors (Lipinski definition) is 4. The molecule has 3 amide bonds. The Bertz CT molecular complexity index is 1270. The molecule has 3 aromatic rings. The number of ketones is 1. The number of carbonyl (C=O) groups is 4. The van der Waals surface area contributed by atoms with Crippen LogP contribution >= 0.6 is 0 Å². The molecule has 0 unspecified atom stereocenters. The Balaban J connectivity index is 1.62. The summed E-state index contributed by atoms with van der Waals surface area (Å²) >= 11 is 0. The van der Waals surface area contributed by atoms with Crippen molar-refractivity contribution in [2.24, 2.45) is 0 Å². The number of carboxylic acids is 1. The fourth-order valence-electron chi connectivity index (χ4n) is 3.02. The van der Waals surface area contributed by atoms with Crippen LogP contribution in [0.4, 0.5) is 29.3 Å². The third-order valence-corrected chi connectivity index (χ3v) is 4.70. The molecule has 0 saturated heterocycles. The zero-order chi connectivity index (χ0) is 25.6. The summed E-state index contributed by atoms with van der Waals surface area (Å²) < 4.78 is 38.3. The number of anilines is 2. The van der Waals surface area contributed by atoms with Crippen molar-refractivity contribution in [1.29, 1.82) is 0 Å². The molecule has 0 aliphatic heterocycles. The number of para-hydroxylation sites is 1. The highest BCUT2D eigenvalue weighted by Crippen LogP contribution is 2.29. The zero-order valence-electron chi connectivity index (χ0n) is 17.8. The fraction of sp³-hybridized carbons (Fsp3) is 0.0833. The number of amides is 3. The quantitative estimate of drug-likeness (QED) is 0.370. The highest BCUT2D eigenvalue weighted by atomic mass is 19.4. The Morgan fingerprint density at radius 1 is 0.800 bits per heavy atom. The highest BCUT2D eigenvalue weighted by molar-refractivity contribution is 6.14. The Morgan fingerprint density at radius 2 is 1.49 bits per heavy atom. The van der Waals surface area contributed by atoms with Gasteiger partial charge in [0.1, 0.15) is 0 Å². The van der Waals surface area contributed by atoms with E-state index < -0.39 is 42.0 Å². The van der Waals surface area contributed by atoms with Crippen molar-refractivity contribution in [3.8, 4) is 0 Å². The van der Waals surface area contributed by atoms with Crippen LogP contribution in [0.5, 0.6) is 0 Å². The minimum atomic E-state index is -4.54. The van der Waals surface area contributed by atoms with E-state index in [9.17, 15) is 32.3 Å². The second-order valence-electron chi connectivity index (χ2n) is 7.19. The van der Waals surface area contributed by atoms with E-state index >= 15 is 0 Å². The largest absolute Gasteiger partial charge is 0.478 e. The van der Waals surface area contributed by atoms with Gasteiger partial charge < -0.3 is 21.1 Å². The van der Waals surface area contributed by atoms with E-state index in [4.69, 9.17) is 5.11 Å². The van der Waals surface area contributed by atoms with Crippen molar-refractivity contribution < 1.29 is 37.5 Å². The molecule has 0 spiro atoms. The number of carboxylic acid groups (broad SMARTS) is 1. The predicted molar refractivity (Wildman–Crippen MR) is 120 cm³/mol. The van der Waals surface area contributed by atoms with Gasteiger partial charge in [0.05, 0.1) is 23.4 Å². The predicted octanol–water partition coefficient (Wildman–Crippen LogP) is 4.39. The SMILES string of the molecule is O=C(CNC(=O)Nc1cccc(C(=O)O)c1)Nc1ccccc1C(=O)c1ccc(C(F)(F)F)cc1. The van der Waals surface area contributed by atoms with Crippen molar-refractivity contribution in [3.05, 3.63) is 95.1 Å². The van der Waals surface area contributed by atoms with Crippen molar-refractivity contribution >= 4 is 35.1 Å². The van der Waals surface area contributed by atoms with Gasteiger partial charge in [0.2, 0.25) is 5.91 Å². The molecule has 0 radical (unpaired) electrons. The van der Waals surface area contributed by atoms with Crippen LogP contribution in [0.15, 0.2) is 72.8 Å². The second kappa shape index (κ2) is 10.5. The molecule has 0 heterocycles. The molecule has 8 nitrogen and oxygen atoms in total. The third-order valence-electron chi connectivity index (χ3n) is 4.70. The summed E-state index contributed by atoms with van der Waals surface area (Å²) in [5.41, 5.74) is -0.560. The standard InChI is InChI=1S/C24H18F3N3O5/c25-24(26,27)16-10-8-14(9-11-16)21(32)18-6-1-2-7-19(18)30-20(31)13-28-23(35)29-17-5-3-4-15(12-17)22(33)34/h1-12H,13H2,(H,30,31)(H,33,34)(H2,28,29,35).